The van der Waals surface area contributed by atoms with Gasteiger partial charge in [0.2, 0.25) is 0 Å². The van der Waals surface area contributed by atoms with Crippen LogP contribution in [-0.4, -0.2) is 41.5 Å². The predicted octanol–water partition coefficient (Wildman–Crippen LogP) is 1.70. The SMILES string of the molecule is COc1ccc(C2CC(O)C(O)C2NC(=O)c2ccccc2)cc1. The molecular formula is C19H21NO4. The summed E-state index contributed by atoms with van der Waals surface area (Å²) >= 11 is 0. The number of ether oxygens (including phenoxy) is 1. The predicted molar refractivity (Wildman–Crippen MR) is 90.1 cm³/mol. The summed E-state index contributed by atoms with van der Waals surface area (Å²) in [5, 5.41) is 23.2. The van der Waals surface area contributed by atoms with E-state index in [2.05, 4.69) is 5.32 Å². The van der Waals surface area contributed by atoms with Gasteiger partial charge in [-0.1, -0.05) is 30.3 Å². The Labute approximate surface area is 140 Å². The van der Waals surface area contributed by atoms with Crippen molar-refractivity contribution in [3.8, 4) is 5.75 Å². The molecule has 1 saturated carbocycles. The van der Waals surface area contributed by atoms with Crippen LogP contribution in [0.4, 0.5) is 0 Å². The largest absolute Gasteiger partial charge is 0.497 e. The molecule has 5 nitrogen and oxygen atoms in total. The highest BCUT2D eigenvalue weighted by Crippen LogP contribution is 2.36. The lowest BCUT2D eigenvalue weighted by molar-refractivity contribution is 0.0294. The van der Waals surface area contributed by atoms with Gasteiger partial charge in [-0.25, -0.2) is 0 Å². The van der Waals surface area contributed by atoms with Crippen molar-refractivity contribution in [2.24, 2.45) is 0 Å². The Balaban J connectivity index is 1.81. The van der Waals surface area contributed by atoms with Gasteiger partial charge in [0.15, 0.2) is 0 Å². The first kappa shape index (κ1) is 16.5. The number of amides is 1. The minimum Gasteiger partial charge on any atom is -0.497 e. The van der Waals surface area contributed by atoms with Gasteiger partial charge in [0, 0.05) is 11.5 Å². The lowest BCUT2D eigenvalue weighted by Gasteiger charge is -2.24. The zero-order valence-corrected chi connectivity index (χ0v) is 13.4. The van der Waals surface area contributed by atoms with E-state index in [1.54, 1.807) is 31.4 Å². The highest BCUT2D eigenvalue weighted by Gasteiger charge is 2.43. The Morgan fingerprint density at radius 3 is 2.38 bits per heavy atom. The first-order valence-corrected chi connectivity index (χ1v) is 7.96. The molecule has 1 fully saturated rings. The van der Waals surface area contributed by atoms with Gasteiger partial charge in [-0.3, -0.25) is 4.79 Å². The zero-order valence-electron chi connectivity index (χ0n) is 13.4. The Morgan fingerprint density at radius 2 is 1.75 bits per heavy atom. The maximum atomic E-state index is 12.4. The number of aliphatic hydroxyl groups excluding tert-OH is 2. The van der Waals surface area contributed by atoms with Crippen LogP contribution >= 0.6 is 0 Å². The highest BCUT2D eigenvalue weighted by atomic mass is 16.5. The first-order chi connectivity index (χ1) is 11.6. The summed E-state index contributed by atoms with van der Waals surface area (Å²) in [4.78, 5) is 12.4. The van der Waals surface area contributed by atoms with Gasteiger partial charge in [0.1, 0.15) is 11.9 Å². The smallest absolute Gasteiger partial charge is 0.251 e. The summed E-state index contributed by atoms with van der Waals surface area (Å²) < 4.78 is 5.15. The van der Waals surface area contributed by atoms with Crippen molar-refractivity contribution in [2.45, 2.75) is 30.6 Å². The second-order valence-corrected chi connectivity index (χ2v) is 6.04. The summed E-state index contributed by atoms with van der Waals surface area (Å²) in [5.74, 6) is 0.323. The van der Waals surface area contributed by atoms with E-state index in [4.69, 9.17) is 4.74 Å². The van der Waals surface area contributed by atoms with Crippen molar-refractivity contribution in [1.82, 2.24) is 5.32 Å². The van der Waals surface area contributed by atoms with Crippen LogP contribution in [-0.2, 0) is 0 Å². The molecule has 0 aromatic heterocycles. The summed E-state index contributed by atoms with van der Waals surface area (Å²) in [7, 11) is 1.60. The van der Waals surface area contributed by atoms with Crippen LogP contribution in [0, 0.1) is 0 Å². The lowest BCUT2D eigenvalue weighted by Crippen LogP contribution is -2.45. The third kappa shape index (κ3) is 3.27. The fourth-order valence-electron chi connectivity index (χ4n) is 3.23. The molecular weight excluding hydrogens is 306 g/mol. The Kier molecular flexibility index (Phi) is 4.83. The molecule has 0 spiro atoms. The molecule has 3 N–H and O–H groups in total. The van der Waals surface area contributed by atoms with Gasteiger partial charge < -0.3 is 20.3 Å². The maximum absolute atomic E-state index is 12.4. The number of carbonyl (C=O) groups is 1. The van der Waals surface area contributed by atoms with Crippen molar-refractivity contribution in [3.05, 3.63) is 65.7 Å². The van der Waals surface area contributed by atoms with Gasteiger partial charge in [-0.2, -0.15) is 0 Å². The Morgan fingerprint density at radius 1 is 1.08 bits per heavy atom. The van der Waals surface area contributed by atoms with Crippen LogP contribution in [0.5, 0.6) is 5.75 Å². The van der Waals surface area contributed by atoms with E-state index in [0.717, 1.165) is 11.3 Å². The molecule has 5 heteroatoms. The van der Waals surface area contributed by atoms with E-state index in [1.165, 1.54) is 0 Å². The molecule has 0 radical (unpaired) electrons. The minimum absolute atomic E-state index is 0.159. The second kappa shape index (κ2) is 7.03. The summed E-state index contributed by atoms with van der Waals surface area (Å²) in [5.41, 5.74) is 1.48. The maximum Gasteiger partial charge on any atom is 0.251 e. The van der Waals surface area contributed by atoms with E-state index in [1.807, 2.05) is 30.3 Å². The molecule has 0 heterocycles. The van der Waals surface area contributed by atoms with Crippen LogP contribution in [0.1, 0.15) is 28.3 Å². The van der Waals surface area contributed by atoms with E-state index >= 15 is 0 Å². The Bertz CT molecular complexity index is 686. The number of benzene rings is 2. The summed E-state index contributed by atoms with van der Waals surface area (Å²) in [6.45, 7) is 0. The van der Waals surface area contributed by atoms with Gasteiger partial charge in [0.05, 0.1) is 19.3 Å². The molecule has 1 aliphatic rings. The van der Waals surface area contributed by atoms with Gasteiger partial charge in [-0.05, 0) is 36.2 Å². The molecule has 4 unspecified atom stereocenters. The van der Waals surface area contributed by atoms with Crippen molar-refractivity contribution in [2.75, 3.05) is 7.11 Å². The summed E-state index contributed by atoms with van der Waals surface area (Å²) in [6, 6.07) is 15.8. The number of methoxy groups -OCH3 is 1. The first-order valence-electron chi connectivity index (χ1n) is 7.96. The summed E-state index contributed by atoms with van der Waals surface area (Å²) in [6.07, 6.45) is -1.46. The van der Waals surface area contributed by atoms with Crippen LogP contribution in [0.2, 0.25) is 0 Å². The molecule has 2 aromatic carbocycles. The Hall–Kier alpha value is -2.37. The van der Waals surface area contributed by atoms with Crippen LogP contribution in [0.3, 0.4) is 0 Å². The number of hydrogen-bond donors (Lipinski definition) is 3. The topological polar surface area (TPSA) is 78.8 Å². The molecule has 0 aliphatic heterocycles. The number of rotatable bonds is 4. The molecule has 1 amide bonds. The van der Waals surface area contributed by atoms with E-state index in [-0.39, 0.29) is 11.8 Å². The second-order valence-electron chi connectivity index (χ2n) is 6.04. The van der Waals surface area contributed by atoms with Crippen molar-refractivity contribution >= 4 is 5.91 Å². The highest BCUT2D eigenvalue weighted by molar-refractivity contribution is 5.94. The molecule has 2 aromatic rings. The van der Waals surface area contributed by atoms with E-state index < -0.39 is 18.2 Å². The third-order valence-electron chi connectivity index (χ3n) is 4.57. The van der Waals surface area contributed by atoms with Crippen molar-refractivity contribution < 1.29 is 19.7 Å². The fraction of sp³-hybridized carbons (Fsp3) is 0.316. The van der Waals surface area contributed by atoms with Crippen LogP contribution < -0.4 is 10.1 Å². The molecule has 4 atom stereocenters. The van der Waals surface area contributed by atoms with Crippen LogP contribution in [0.25, 0.3) is 0 Å². The number of carbonyl (C=O) groups excluding carboxylic acids is 1. The quantitative estimate of drug-likeness (QED) is 0.799. The molecule has 0 saturated heterocycles. The molecule has 0 bridgehead atoms. The normalized spacial score (nSPS) is 26.1. The van der Waals surface area contributed by atoms with E-state index in [9.17, 15) is 15.0 Å². The number of nitrogens with one attached hydrogen (secondary N) is 1. The zero-order chi connectivity index (χ0) is 17.1. The van der Waals surface area contributed by atoms with E-state index in [0.29, 0.717) is 12.0 Å². The standard InChI is InChI=1S/C19H21NO4/c1-24-14-9-7-12(8-10-14)15-11-16(21)18(22)17(15)20-19(23)13-5-3-2-4-6-13/h2-10,15-18,21-22H,11H2,1H3,(H,20,23). The van der Waals surface area contributed by atoms with Gasteiger partial charge in [0.25, 0.3) is 5.91 Å². The lowest BCUT2D eigenvalue weighted by atomic mass is 9.93. The third-order valence-corrected chi connectivity index (χ3v) is 4.57. The monoisotopic (exact) mass is 327 g/mol. The molecule has 24 heavy (non-hydrogen) atoms. The molecule has 3 rings (SSSR count). The number of hydrogen-bond acceptors (Lipinski definition) is 4. The minimum atomic E-state index is -0.996. The molecule has 1 aliphatic carbocycles. The van der Waals surface area contributed by atoms with Gasteiger partial charge in [-0.15, -0.1) is 0 Å². The number of aliphatic hydroxyl groups is 2. The van der Waals surface area contributed by atoms with Gasteiger partial charge >= 0.3 is 0 Å². The van der Waals surface area contributed by atoms with Crippen molar-refractivity contribution in [3.63, 3.8) is 0 Å². The average molecular weight is 327 g/mol. The fourth-order valence-corrected chi connectivity index (χ4v) is 3.23. The van der Waals surface area contributed by atoms with Crippen molar-refractivity contribution in [1.29, 1.82) is 0 Å². The molecule has 126 valence electrons. The van der Waals surface area contributed by atoms with Crippen LogP contribution in [0.15, 0.2) is 54.6 Å². The average Bonchev–Trinajstić information content (AvgIpc) is 2.91.